The lowest BCUT2D eigenvalue weighted by Crippen LogP contribution is -2.49. The molecule has 1 N–H and O–H groups in total. The van der Waals surface area contributed by atoms with Crippen molar-refractivity contribution in [3.8, 4) is 0 Å². The molecule has 2 rings (SSSR count). The highest BCUT2D eigenvalue weighted by Crippen LogP contribution is 2.20. The Hall–Kier alpha value is -1.16. The Morgan fingerprint density at radius 3 is 2.56 bits per heavy atom. The van der Waals surface area contributed by atoms with Crippen LogP contribution in [-0.4, -0.2) is 61.4 Å². The Bertz CT molecular complexity index is 677. The molecule has 10 heteroatoms. The van der Waals surface area contributed by atoms with Gasteiger partial charge in [0.05, 0.1) is 23.7 Å². The van der Waals surface area contributed by atoms with Gasteiger partial charge in [-0.25, -0.2) is 8.42 Å². The fourth-order valence-electron chi connectivity index (χ4n) is 2.77. The minimum absolute atomic E-state index is 0.0671. The van der Waals surface area contributed by atoms with Gasteiger partial charge in [-0.15, -0.1) is 0 Å². The zero-order valence-electron chi connectivity index (χ0n) is 14.6. The molecule has 142 valence electrons. The molecule has 1 aliphatic heterocycles. The molecule has 1 aliphatic rings. The Kier molecular flexibility index (Phi) is 6.84. The van der Waals surface area contributed by atoms with Gasteiger partial charge in [-0.1, -0.05) is 5.16 Å². The number of sulfonamides is 1. The van der Waals surface area contributed by atoms with Gasteiger partial charge in [0.25, 0.3) is 0 Å². The van der Waals surface area contributed by atoms with Crippen LogP contribution in [0.2, 0.25) is 5.22 Å². The van der Waals surface area contributed by atoms with E-state index < -0.39 is 10.0 Å². The third-order valence-corrected chi connectivity index (χ3v) is 6.10. The number of amides is 1. The summed E-state index contributed by atoms with van der Waals surface area (Å²) in [5, 5.41) is 6.53. The van der Waals surface area contributed by atoms with Crippen molar-refractivity contribution in [1.82, 2.24) is 14.8 Å². The molecule has 1 aromatic rings. The molecule has 1 aromatic heterocycles. The summed E-state index contributed by atoms with van der Waals surface area (Å²) in [6.07, 6.45) is 0.313. The summed E-state index contributed by atoms with van der Waals surface area (Å²) >= 11 is 5.85. The molecule has 0 aromatic carbocycles. The molecule has 0 radical (unpaired) electrons. The van der Waals surface area contributed by atoms with Crippen molar-refractivity contribution in [3.05, 3.63) is 16.5 Å². The average molecular weight is 394 g/mol. The predicted molar refractivity (Wildman–Crippen MR) is 92.9 cm³/mol. The van der Waals surface area contributed by atoms with Crippen molar-refractivity contribution in [3.63, 3.8) is 0 Å². The Morgan fingerprint density at radius 1 is 1.36 bits per heavy atom. The summed E-state index contributed by atoms with van der Waals surface area (Å²) in [4.78, 5) is 11.9. The van der Waals surface area contributed by atoms with Crippen LogP contribution >= 0.6 is 11.6 Å². The van der Waals surface area contributed by atoms with Crippen molar-refractivity contribution < 1.29 is 22.5 Å². The van der Waals surface area contributed by atoms with Gasteiger partial charge in [0.15, 0.2) is 0 Å². The number of nitrogens with one attached hydrogen (secondary N) is 1. The Labute approximate surface area is 152 Å². The number of aromatic nitrogens is 1. The van der Waals surface area contributed by atoms with Crippen molar-refractivity contribution in [2.24, 2.45) is 0 Å². The van der Waals surface area contributed by atoms with E-state index in [-0.39, 0.29) is 42.1 Å². The summed E-state index contributed by atoms with van der Waals surface area (Å²) in [7, 11) is -3.42. The predicted octanol–water partition coefficient (Wildman–Crippen LogP) is 1.12. The molecule has 2 unspecified atom stereocenters. The summed E-state index contributed by atoms with van der Waals surface area (Å²) in [5.41, 5.74) is 1.34. The van der Waals surface area contributed by atoms with Crippen molar-refractivity contribution in [2.45, 2.75) is 45.8 Å². The maximum absolute atomic E-state index is 12.4. The zero-order chi connectivity index (χ0) is 18.6. The van der Waals surface area contributed by atoms with E-state index in [9.17, 15) is 13.2 Å². The maximum atomic E-state index is 12.4. The second-order valence-electron chi connectivity index (χ2n) is 6.26. The number of aryl methyl sites for hydroxylation is 1. The molecule has 1 fully saturated rings. The molecule has 2 atom stereocenters. The first-order chi connectivity index (χ1) is 11.7. The molecule has 25 heavy (non-hydrogen) atoms. The number of halogens is 1. The number of hydrogen-bond acceptors (Lipinski definition) is 6. The highest BCUT2D eigenvalue weighted by molar-refractivity contribution is 7.89. The van der Waals surface area contributed by atoms with Crippen LogP contribution in [0.1, 0.15) is 31.5 Å². The number of nitrogens with zero attached hydrogens (tertiary/aromatic N) is 2. The monoisotopic (exact) mass is 393 g/mol. The van der Waals surface area contributed by atoms with Crippen LogP contribution in [0.4, 0.5) is 0 Å². The molecular formula is C15H24ClN3O5S. The molecule has 1 saturated heterocycles. The first kappa shape index (κ1) is 20.2. The Morgan fingerprint density at radius 2 is 2.00 bits per heavy atom. The van der Waals surface area contributed by atoms with Gasteiger partial charge in [0.1, 0.15) is 0 Å². The number of hydrogen-bond donors (Lipinski definition) is 1. The lowest BCUT2D eigenvalue weighted by atomic mass is 10.1. The third-order valence-electron chi connectivity index (χ3n) is 4.00. The fraction of sp³-hybridized carbons (Fsp3) is 0.733. The molecular weight excluding hydrogens is 370 g/mol. The smallest absolute Gasteiger partial charge is 0.229 e. The van der Waals surface area contributed by atoms with Crippen LogP contribution in [0.15, 0.2) is 4.52 Å². The van der Waals surface area contributed by atoms with Gasteiger partial charge >= 0.3 is 0 Å². The first-order valence-corrected chi connectivity index (χ1v) is 10.2. The van der Waals surface area contributed by atoms with Crippen LogP contribution < -0.4 is 5.32 Å². The summed E-state index contributed by atoms with van der Waals surface area (Å²) in [6.45, 7) is 6.19. The highest BCUT2D eigenvalue weighted by Gasteiger charge is 2.30. The fourth-order valence-corrected chi connectivity index (χ4v) is 4.53. The lowest BCUT2D eigenvalue weighted by molar-refractivity contribution is -0.120. The van der Waals surface area contributed by atoms with E-state index in [1.165, 1.54) is 4.31 Å². The largest absolute Gasteiger partial charge is 0.373 e. The highest BCUT2D eigenvalue weighted by atomic mass is 35.5. The van der Waals surface area contributed by atoms with Crippen LogP contribution in [0.3, 0.4) is 0 Å². The van der Waals surface area contributed by atoms with Gasteiger partial charge in [-0.05, 0) is 38.8 Å². The molecule has 0 bridgehead atoms. The molecule has 0 aliphatic carbocycles. The van der Waals surface area contributed by atoms with Gasteiger partial charge in [-0.3, -0.25) is 4.79 Å². The van der Waals surface area contributed by atoms with Gasteiger partial charge < -0.3 is 14.6 Å². The number of carbonyl (C=O) groups excluding carboxylic acids is 1. The van der Waals surface area contributed by atoms with Crippen molar-refractivity contribution in [1.29, 1.82) is 0 Å². The van der Waals surface area contributed by atoms with E-state index >= 15 is 0 Å². The van der Waals surface area contributed by atoms with Crippen LogP contribution in [0, 0.1) is 6.92 Å². The average Bonchev–Trinajstić information content (AvgIpc) is 2.83. The topological polar surface area (TPSA) is 102 Å². The molecule has 0 spiro atoms. The number of morpholine rings is 1. The minimum Gasteiger partial charge on any atom is -0.373 e. The van der Waals surface area contributed by atoms with Crippen LogP contribution in [-0.2, 0) is 26.0 Å². The van der Waals surface area contributed by atoms with Crippen LogP contribution in [0.25, 0.3) is 0 Å². The van der Waals surface area contributed by atoms with E-state index in [0.717, 1.165) is 0 Å². The van der Waals surface area contributed by atoms with E-state index in [0.29, 0.717) is 30.8 Å². The molecule has 1 amide bonds. The van der Waals surface area contributed by atoms with Crippen molar-refractivity contribution in [2.75, 3.05) is 25.4 Å². The lowest BCUT2D eigenvalue weighted by Gasteiger charge is -2.34. The molecule has 0 saturated carbocycles. The maximum Gasteiger partial charge on any atom is 0.229 e. The normalized spacial score (nSPS) is 22.1. The Balaban J connectivity index is 1.76. The summed E-state index contributed by atoms with van der Waals surface area (Å²) in [5.74, 6) is -0.374. The van der Waals surface area contributed by atoms with Gasteiger partial charge in [0.2, 0.25) is 21.1 Å². The van der Waals surface area contributed by atoms with Crippen molar-refractivity contribution >= 4 is 27.5 Å². The quantitative estimate of drug-likeness (QED) is 0.744. The summed E-state index contributed by atoms with van der Waals surface area (Å²) < 4.78 is 36.5. The van der Waals surface area contributed by atoms with E-state index in [1.54, 1.807) is 6.92 Å². The second kappa shape index (κ2) is 8.48. The number of rotatable bonds is 7. The van der Waals surface area contributed by atoms with Gasteiger partial charge in [-0.2, -0.15) is 4.31 Å². The first-order valence-electron chi connectivity index (χ1n) is 8.19. The summed E-state index contributed by atoms with van der Waals surface area (Å²) in [6, 6.07) is 0. The van der Waals surface area contributed by atoms with Crippen LogP contribution in [0.5, 0.6) is 0 Å². The molecule has 8 nitrogen and oxygen atoms in total. The second-order valence-corrected chi connectivity index (χ2v) is 8.69. The standard InChI is InChI=1S/C15H24ClN3O5S/c1-10-8-19(9-11(2)23-10)25(21,22)7-6-17-14(20)5-4-13-12(3)18-24-15(13)16/h10-11H,4-9H2,1-3H3,(H,17,20). The van der Waals surface area contributed by atoms with Gasteiger partial charge in [0, 0.05) is 31.6 Å². The third kappa shape index (κ3) is 5.67. The zero-order valence-corrected chi connectivity index (χ0v) is 16.2. The van der Waals surface area contributed by atoms with E-state index in [1.807, 2.05) is 13.8 Å². The minimum atomic E-state index is -3.42. The van der Waals surface area contributed by atoms with E-state index in [2.05, 4.69) is 10.5 Å². The van der Waals surface area contributed by atoms with E-state index in [4.69, 9.17) is 20.9 Å². The molecule has 2 heterocycles. The SMILES string of the molecule is Cc1noc(Cl)c1CCC(=O)NCCS(=O)(=O)N1CC(C)OC(C)C1. The number of ether oxygens (including phenoxy) is 1. The number of carbonyl (C=O) groups is 1.